The molecule has 0 bridgehead atoms. The van der Waals surface area contributed by atoms with Gasteiger partial charge in [0.25, 0.3) is 0 Å². The second kappa shape index (κ2) is 7.36. The molecule has 0 spiro atoms. The molecule has 0 aliphatic heterocycles. The number of amides is 2. The first-order chi connectivity index (χ1) is 9.29. The molecular weight excluding hydrogens is 303 g/mol. The molecule has 1 aromatic rings. The smallest absolute Gasteiger partial charge is 0.326 e. The Morgan fingerprint density at radius 3 is 2.40 bits per heavy atom. The number of benzene rings is 1. The number of hydrogen-bond donors (Lipinski definition) is 3. The number of carbonyl (C=O) groups is 2. The molecule has 0 heterocycles. The highest BCUT2D eigenvalue weighted by molar-refractivity contribution is 6.42. The number of aliphatic carboxylic acids is 1. The van der Waals surface area contributed by atoms with E-state index in [4.69, 9.17) is 28.3 Å². The van der Waals surface area contributed by atoms with E-state index in [2.05, 4.69) is 10.6 Å². The van der Waals surface area contributed by atoms with E-state index >= 15 is 0 Å². The van der Waals surface area contributed by atoms with Gasteiger partial charge in [0.05, 0.1) is 10.0 Å². The molecule has 110 valence electrons. The first-order valence-electron chi connectivity index (χ1n) is 6.05. The molecule has 3 N–H and O–H groups in total. The number of carbonyl (C=O) groups excluding carboxylic acids is 1. The largest absolute Gasteiger partial charge is 0.480 e. The van der Waals surface area contributed by atoms with E-state index in [1.54, 1.807) is 12.1 Å². The Hall–Kier alpha value is -1.46. The van der Waals surface area contributed by atoms with E-state index in [1.807, 2.05) is 13.8 Å². The van der Waals surface area contributed by atoms with Crippen LogP contribution < -0.4 is 10.6 Å². The van der Waals surface area contributed by atoms with E-state index in [0.29, 0.717) is 22.2 Å². The summed E-state index contributed by atoms with van der Waals surface area (Å²) in [6.45, 7) is 3.77. The van der Waals surface area contributed by atoms with Gasteiger partial charge in [0.2, 0.25) is 0 Å². The van der Waals surface area contributed by atoms with Crippen molar-refractivity contribution in [1.82, 2.24) is 5.32 Å². The van der Waals surface area contributed by atoms with E-state index < -0.39 is 18.0 Å². The van der Waals surface area contributed by atoms with Crippen LogP contribution in [0.1, 0.15) is 20.3 Å². The minimum atomic E-state index is -1.07. The zero-order valence-electron chi connectivity index (χ0n) is 11.1. The molecule has 0 saturated heterocycles. The Kier molecular flexibility index (Phi) is 6.10. The normalized spacial score (nSPS) is 12.1. The predicted octanol–water partition coefficient (Wildman–Crippen LogP) is 3.61. The van der Waals surface area contributed by atoms with Crippen LogP contribution in [0.15, 0.2) is 18.2 Å². The molecule has 20 heavy (non-hydrogen) atoms. The second-order valence-corrected chi connectivity index (χ2v) is 5.56. The fourth-order valence-corrected chi connectivity index (χ4v) is 1.89. The fraction of sp³-hybridized carbons (Fsp3) is 0.385. The highest BCUT2D eigenvalue weighted by Gasteiger charge is 2.21. The van der Waals surface area contributed by atoms with Crippen molar-refractivity contribution in [1.29, 1.82) is 0 Å². The Morgan fingerprint density at radius 2 is 1.90 bits per heavy atom. The van der Waals surface area contributed by atoms with Crippen LogP contribution in [0.4, 0.5) is 10.5 Å². The highest BCUT2D eigenvalue weighted by atomic mass is 35.5. The molecule has 0 aliphatic carbocycles. The highest BCUT2D eigenvalue weighted by Crippen LogP contribution is 2.24. The summed E-state index contributed by atoms with van der Waals surface area (Å²) < 4.78 is 0. The maximum Gasteiger partial charge on any atom is 0.326 e. The van der Waals surface area contributed by atoms with Gasteiger partial charge in [-0.2, -0.15) is 0 Å². The Labute approximate surface area is 127 Å². The van der Waals surface area contributed by atoms with Crippen molar-refractivity contribution < 1.29 is 14.7 Å². The maximum atomic E-state index is 11.7. The van der Waals surface area contributed by atoms with Crippen LogP contribution in [0.5, 0.6) is 0 Å². The topological polar surface area (TPSA) is 78.4 Å². The van der Waals surface area contributed by atoms with Crippen LogP contribution in [0.2, 0.25) is 10.0 Å². The van der Waals surface area contributed by atoms with Crippen LogP contribution in [-0.4, -0.2) is 23.1 Å². The van der Waals surface area contributed by atoms with Crippen molar-refractivity contribution in [3.05, 3.63) is 28.2 Å². The monoisotopic (exact) mass is 318 g/mol. The molecule has 5 nitrogen and oxygen atoms in total. The molecule has 1 unspecified atom stereocenters. The average Bonchev–Trinajstić information content (AvgIpc) is 2.32. The van der Waals surface area contributed by atoms with Crippen LogP contribution in [0.25, 0.3) is 0 Å². The number of nitrogens with one attached hydrogen (secondary N) is 2. The summed E-state index contributed by atoms with van der Waals surface area (Å²) in [7, 11) is 0. The number of rotatable bonds is 5. The Morgan fingerprint density at radius 1 is 1.25 bits per heavy atom. The molecule has 0 aliphatic rings. The summed E-state index contributed by atoms with van der Waals surface area (Å²) in [4.78, 5) is 22.8. The summed E-state index contributed by atoms with van der Waals surface area (Å²) in [5, 5.41) is 14.6. The van der Waals surface area contributed by atoms with E-state index in [1.165, 1.54) is 6.07 Å². The molecule has 0 aromatic heterocycles. The van der Waals surface area contributed by atoms with Crippen LogP contribution in [0.3, 0.4) is 0 Å². The van der Waals surface area contributed by atoms with Crippen molar-refractivity contribution in [3.63, 3.8) is 0 Å². The molecule has 7 heteroatoms. The van der Waals surface area contributed by atoms with Gasteiger partial charge in [-0.1, -0.05) is 37.0 Å². The minimum absolute atomic E-state index is 0.154. The molecule has 0 radical (unpaired) electrons. The van der Waals surface area contributed by atoms with Crippen molar-refractivity contribution in [2.45, 2.75) is 26.3 Å². The summed E-state index contributed by atoms with van der Waals surface area (Å²) in [6, 6.07) is 3.07. The van der Waals surface area contributed by atoms with E-state index in [0.717, 1.165) is 0 Å². The third kappa shape index (κ3) is 5.27. The molecule has 0 fully saturated rings. The Balaban J connectivity index is 2.65. The number of hydrogen-bond acceptors (Lipinski definition) is 2. The lowest BCUT2D eigenvalue weighted by Gasteiger charge is -2.17. The third-order valence-corrected chi connectivity index (χ3v) is 3.23. The zero-order valence-corrected chi connectivity index (χ0v) is 12.6. The lowest BCUT2D eigenvalue weighted by molar-refractivity contribution is -0.139. The van der Waals surface area contributed by atoms with E-state index in [-0.39, 0.29) is 5.92 Å². The summed E-state index contributed by atoms with van der Waals surface area (Å²) >= 11 is 11.6. The van der Waals surface area contributed by atoms with Gasteiger partial charge in [-0.3, -0.25) is 0 Å². The van der Waals surface area contributed by atoms with E-state index in [9.17, 15) is 9.59 Å². The quantitative estimate of drug-likeness (QED) is 0.775. The molecule has 1 aromatic carbocycles. The molecule has 2 amide bonds. The fourth-order valence-electron chi connectivity index (χ4n) is 1.59. The average molecular weight is 319 g/mol. The molecular formula is C13H16Cl2N2O3. The lowest BCUT2D eigenvalue weighted by atomic mass is 10.0. The lowest BCUT2D eigenvalue weighted by Crippen LogP contribution is -2.43. The van der Waals surface area contributed by atoms with Crippen LogP contribution >= 0.6 is 23.2 Å². The van der Waals surface area contributed by atoms with Gasteiger partial charge in [-0.05, 0) is 30.5 Å². The summed E-state index contributed by atoms with van der Waals surface area (Å²) in [6.07, 6.45) is 0.351. The van der Waals surface area contributed by atoms with Gasteiger partial charge in [-0.25, -0.2) is 9.59 Å². The zero-order chi connectivity index (χ0) is 15.3. The Bertz CT molecular complexity index is 506. The third-order valence-electron chi connectivity index (χ3n) is 2.49. The first kappa shape index (κ1) is 16.6. The minimum Gasteiger partial charge on any atom is -0.480 e. The summed E-state index contributed by atoms with van der Waals surface area (Å²) in [5.41, 5.74) is 0.436. The molecule has 1 atom stereocenters. The van der Waals surface area contributed by atoms with Crippen LogP contribution in [-0.2, 0) is 4.79 Å². The summed E-state index contributed by atoms with van der Waals surface area (Å²) in [5.74, 6) is -0.913. The number of carboxylic acids is 1. The molecule has 0 saturated carbocycles. The van der Waals surface area contributed by atoms with Gasteiger partial charge >= 0.3 is 12.0 Å². The number of anilines is 1. The second-order valence-electron chi connectivity index (χ2n) is 4.75. The molecule has 1 rings (SSSR count). The first-order valence-corrected chi connectivity index (χ1v) is 6.80. The van der Waals surface area contributed by atoms with Crippen molar-refractivity contribution in [2.75, 3.05) is 5.32 Å². The van der Waals surface area contributed by atoms with Gasteiger partial charge in [0.1, 0.15) is 6.04 Å². The van der Waals surface area contributed by atoms with Gasteiger partial charge in [-0.15, -0.1) is 0 Å². The van der Waals surface area contributed by atoms with Gasteiger partial charge < -0.3 is 15.7 Å². The van der Waals surface area contributed by atoms with Crippen LogP contribution in [0, 0.1) is 5.92 Å². The van der Waals surface area contributed by atoms with Crippen molar-refractivity contribution in [3.8, 4) is 0 Å². The number of urea groups is 1. The standard InChI is InChI=1S/C13H16Cl2N2O3/c1-7(2)5-11(12(18)19)17-13(20)16-8-3-4-9(14)10(15)6-8/h3-4,6-7,11H,5H2,1-2H3,(H,18,19)(H2,16,17,20). The van der Waals surface area contributed by atoms with Crippen molar-refractivity contribution >= 4 is 40.9 Å². The number of halogens is 2. The number of carboxylic acid groups (broad SMARTS) is 1. The van der Waals surface area contributed by atoms with Gasteiger partial charge in [0, 0.05) is 5.69 Å². The SMILES string of the molecule is CC(C)CC(NC(=O)Nc1ccc(Cl)c(Cl)c1)C(=O)O. The predicted molar refractivity (Wildman–Crippen MR) is 79.5 cm³/mol. The van der Waals surface area contributed by atoms with Gasteiger partial charge in [0.15, 0.2) is 0 Å². The van der Waals surface area contributed by atoms with Crippen molar-refractivity contribution in [2.24, 2.45) is 5.92 Å². The maximum absolute atomic E-state index is 11.7.